The molecule has 0 aromatic heterocycles. The highest BCUT2D eigenvalue weighted by Crippen LogP contribution is 2.13. The second-order valence-corrected chi connectivity index (χ2v) is 5.28. The Bertz CT molecular complexity index is 452. The molecule has 19 heavy (non-hydrogen) atoms. The molecule has 1 aromatic carbocycles. The van der Waals surface area contributed by atoms with E-state index in [1.807, 2.05) is 32.0 Å². The fraction of sp³-hybridized carbons (Fsp3) is 0.500. The molecule has 1 aromatic rings. The van der Waals surface area contributed by atoms with Crippen molar-refractivity contribution in [3.63, 3.8) is 0 Å². The van der Waals surface area contributed by atoms with Crippen LogP contribution in [0, 0.1) is 11.8 Å². The number of hydrogen-bond acceptors (Lipinski definition) is 3. The van der Waals surface area contributed by atoms with E-state index in [4.69, 9.17) is 5.73 Å². The molecule has 104 valence electrons. The zero-order valence-corrected chi connectivity index (χ0v) is 12.1. The van der Waals surface area contributed by atoms with E-state index in [2.05, 4.69) is 29.7 Å². The number of hydrogen-bond donors (Lipinski definition) is 2. The van der Waals surface area contributed by atoms with Crippen LogP contribution in [0.4, 0.5) is 0 Å². The monoisotopic (exact) mass is 260 g/mol. The Morgan fingerprint density at radius 3 is 2.58 bits per heavy atom. The summed E-state index contributed by atoms with van der Waals surface area (Å²) in [6, 6.07) is 8.08. The topological polar surface area (TPSA) is 49.5 Å². The van der Waals surface area contributed by atoms with Gasteiger partial charge >= 0.3 is 0 Å². The first-order chi connectivity index (χ1) is 8.96. The van der Waals surface area contributed by atoms with E-state index in [1.54, 1.807) is 0 Å². The lowest BCUT2D eigenvalue weighted by Crippen LogP contribution is -2.38. The molecule has 3 heteroatoms. The largest absolute Gasteiger partial charge is 0.389 e. The van der Waals surface area contributed by atoms with Crippen LogP contribution in [-0.4, -0.2) is 35.2 Å². The molecule has 0 saturated heterocycles. The first-order valence-corrected chi connectivity index (χ1v) is 6.68. The summed E-state index contributed by atoms with van der Waals surface area (Å²) in [4.78, 5) is 2.21. The van der Waals surface area contributed by atoms with E-state index in [0.29, 0.717) is 13.1 Å². The number of rotatable bonds is 5. The highest BCUT2D eigenvalue weighted by Gasteiger charge is 2.17. The van der Waals surface area contributed by atoms with Crippen molar-refractivity contribution in [2.75, 3.05) is 19.6 Å². The molecule has 0 atom stereocenters. The van der Waals surface area contributed by atoms with Gasteiger partial charge in [-0.05, 0) is 32.0 Å². The third-order valence-corrected chi connectivity index (χ3v) is 2.79. The number of likely N-dealkylation sites (N-methyl/N-ethyl adjacent to an activating group) is 1. The Morgan fingerprint density at radius 1 is 1.32 bits per heavy atom. The Hall–Kier alpha value is -1.34. The second-order valence-electron chi connectivity index (χ2n) is 5.28. The van der Waals surface area contributed by atoms with Crippen molar-refractivity contribution in [2.45, 2.75) is 32.9 Å². The minimum atomic E-state index is -0.687. The van der Waals surface area contributed by atoms with Gasteiger partial charge < -0.3 is 10.8 Å². The summed E-state index contributed by atoms with van der Waals surface area (Å²) in [6.45, 7) is 8.45. The number of aliphatic hydroxyl groups is 1. The lowest BCUT2D eigenvalue weighted by Gasteiger charge is -2.28. The molecular formula is C16H24N2O. The minimum absolute atomic E-state index is 0.371. The molecule has 3 nitrogen and oxygen atoms in total. The summed E-state index contributed by atoms with van der Waals surface area (Å²) in [7, 11) is 0. The van der Waals surface area contributed by atoms with Crippen molar-refractivity contribution in [1.82, 2.24) is 4.90 Å². The summed E-state index contributed by atoms with van der Waals surface area (Å²) < 4.78 is 0. The molecule has 0 unspecified atom stereocenters. The quantitative estimate of drug-likeness (QED) is 0.791. The predicted octanol–water partition coefficient (Wildman–Crippen LogP) is 1.59. The van der Waals surface area contributed by atoms with Gasteiger partial charge in [-0.25, -0.2) is 0 Å². The van der Waals surface area contributed by atoms with Gasteiger partial charge in [-0.3, -0.25) is 4.90 Å². The van der Waals surface area contributed by atoms with Crippen molar-refractivity contribution in [3.05, 3.63) is 35.4 Å². The maximum atomic E-state index is 9.92. The molecular weight excluding hydrogens is 236 g/mol. The van der Waals surface area contributed by atoms with E-state index in [1.165, 1.54) is 5.56 Å². The van der Waals surface area contributed by atoms with Crippen LogP contribution in [0.25, 0.3) is 0 Å². The van der Waals surface area contributed by atoms with Crippen LogP contribution in [-0.2, 0) is 6.54 Å². The summed E-state index contributed by atoms with van der Waals surface area (Å²) in [5.41, 5.74) is 6.92. The lowest BCUT2D eigenvalue weighted by atomic mass is 10.1. The molecule has 0 amide bonds. The van der Waals surface area contributed by atoms with Crippen molar-refractivity contribution >= 4 is 0 Å². The smallest absolute Gasteiger partial charge is 0.0718 e. The van der Waals surface area contributed by atoms with Gasteiger partial charge in [-0.15, -0.1) is 0 Å². The van der Waals surface area contributed by atoms with E-state index in [-0.39, 0.29) is 0 Å². The van der Waals surface area contributed by atoms with Crippen LogP contribution in [0.5, 0.6) is 0 Å². The number of nitrogens with two attached hydrogens (primary N) is 1. The third-order valence-electron chi connectivity index (χ3n) is 2.79. The Balaban J connectivity index is 2.85. The first-order valence-electron chi connectivity index (χ1n) is 6.68. The van der Waals surface area contributed by atoms with Crippen LogP contribution in [0.3, 0.4) is 0 Å². The Morgan fingerprint density at radius 2 is 2.00 bits per heavy atom. The lowest BCUT2D eigenvalue weighted by molar-refractivity contribution is 0.0353. The summed E-state index contributed by atoms with van der Waals surface area (Å²) in [6.07, 6.45) is 0. The standard InChI is InChI=1S/C16H24N2O/c1-4-18(13-16(2,3)19)12-15-9-6-5-8-14(15)10-7-11-17/h5-6,8-9,19H,4,11-13,17H2,1-3H3. The highest BCUT2D eigenvalue weighted by molar-refractivity contribution is 5.41. The Kier molecular flexibility index (Phi) is 6.04. The van der Waals surface area contributed by atoms with Crippen molar-refractivity contribution < 1.29 is 5.11 Å². The Labute approximate surface area is 116 Å². The van der Waals surface area contributed by atoms with Crippen LogP contribution in [0.15, 0.2) is 24.3 Å². The van der Waals surface area contributed by atoms with Crippen molar-refractivity contribution in [2.24, 2.45) is 5.73 Å². The molecule has 0 spiro atoms. The second kappa shape index (κ2) is 7.30. The van der Waals surface area contributed by atoms with E-state index >= 15 is 0 Å². The van der Waals surface area contributed by atoms with Gasteiger partial charge in [0.25, 0.3) is 0 Å². The summed E-state index contributed by atoms with van der Waals surface area (Å²) in [5, 5.41) is 9.92. The van der Waals surface area contributed by atoms with E-state index in [0.717, 1.165) is 18.7 Å². The summed E-state index contributed by atoms with van der Waals surface area (Å²) in [5.74, 6) is 6.00. The minimum Gasteiger partial charge on any atom is -0.389 e. The molecule has 0 heterocycles. The van der Waals surface area contributed by atoms with Gasteiger partial charge in [-0.2, -0.15) is 0 Å². The zero-order chi connectivity index (χ0) is 14.3. The molecule has 3 N–H and O–H groups in total. The predicted molar refractivity (Wildman–Crippen MR) is 79.6 cm³/mol. The SMILES string of the molecule is CCN(Cc1ccccc1C#CCN)CC(C)(C)O. The van der Waals surface area contributed by atoms with Gasteiger partial charge in [-0.1, -0.05) is 37.0 Å². The molecule has 0 fully saturated rings. The molecule has 0 radical (unpaired) electrons. The van der Waals surface area contributed by atoms with Crippen LogP contribution >= 0.6 is 0 Å². The van der Waals surface area contributed by atoms with Gasteiger partial charge in [0.15, 0.2) is 0 Å². The highest BCUT2D eigenvalue weighted by atomic mass is 16.3. The maximum Gasteiger partial charge on any atom is 0.0718 e. The number of benzene rings is 1. The van der Waals surface area contributed by atoms with Crippen LogP contribution < -0.4 is 5.73 Å². The molecule has 0 aliphatic carbocycles. The van der Waals surface area contributed by atoms with Gasteiger partial charge in [0.1, 0.15) is 0 Å². The molecule has 0 bridgehead atoms. The molecule has 0 saturated carbocycles. The fourth-order valence-electron chi connectivity index (χ4n) is 1.99. The van der Waals surface area contributed by atoms with Gasteiger partial charge in [0.05, 0.1) is 12.1 Å². The van der Waals surface area contributed by atoms with E-state index in [9.17, 15) is 5.11 Å². The average Bonchev–Trinajstić information content (AvgIpc) is 2.35. The van der Waals surface area contributed by atoms with Gasteiger partial charge in [0.2, 0.25) is 0 Å². The fourth-order valence-corrected chi connectivity index (χ4v) is 1.99. The molecule has 1 rings (SSSR count). The number of nitrogens with zero attached hydrogens (tertiary/aromatic N) is 1. The van der Waals surface area contributed by atoms with Gasteiger partial charge in [0, 0.05) is 18.7 Å². The van der Waals surface area contributed by atoms with Crippen molar-refractivity contribution in [1.29, 1.82) is 0 Å². The zero-order valence-electron chi connectivity index (χ0n) is 12.1. The van der Waals surface area contributed by atoms with Crippen LogP contribution in [0.1, 0.15) is 31.9 Å². The maximum absolute atomic E-state index is 9.92. The summed E-state index contributed by atoms with van der Waals surface area (Å²) >= 11 is 0. The van der Waals surface area contributed by atoms with Crippen LogP contribution in [0.2, 0.25) is 0 Å². The third kappa shape index (κ3) is 5.89. The first kappa shape index (κ1) is 15.7. The van der Waals surface area contributed by atoms with Crippen molar-refractivity contribution in [3.8, 4) is 11.8 Å². The average molecular weight is 260 g/mol. The van der Waals surface area contributed by atoms with E-state index < -0.39 is 5.60 Å². The molecule has 0 aliphatic rings. The molecule has 0 aliphatic heterocycles. The normalized spacial score (nSPS) is 11.3.